The Hall–Kier alpha value is -3.09. The van der Waals surface area contributed by atoms with Crippen LogP contribution in [-0.4, -0.2) is 23.5 Å². The highest BCUT2D eigenvalue weighted by Crippen LogP contribution is 2.26. The number of nitrogens with zero attached hydrogens (tertiary/aromatic N) is 1. The molecule has 0 unspecified atom stereocenters. The molecule has 7 heteroatoms. The highest BCUT2D eigenvalue weighted by Gasteiger charge is 2.17. The molecule has 24 heavy (non-hydrogen) atoms. The summed E-state index contributed by atoms with van der Waals surface area (Å²) in [6.07, 6.45) is 0.507. The Morgan fingerprint density at radius 1 is 1.17 bits per heavy atom. The summed E-state index contributed by atoms with van der Waals surface area (Å²) in [4.78, 5) is 27.9. The number of hydrogen-bond donors (Lipinski definition) is 4. The van der Waals surface area contributed by atoms with Gasteiger partial charge in [-0.3, -0.25) is 10.1 Å². The first kappa shape index (κ1) is 17.3. The fourth-order valence-corrected chi connectivity index (χ4v) is 2.29. The molecule has 0 aliphatic carbocycles. The van der Waals surface area contributed by atoms with E-state index >= 15 is 0 Å². The maximum Gasteiger partial charge on any atom is 0.320 e. The normalized spacial score (nSPS) is 10.1. The summed E-state index contributed by atoms with van der Waals surface area (Å²) in [5.41, 5.74) is 7.68. The van der Waals surface area contributed by atoms with Gasteiger partial charge in [-0.25, -0.2) is 9.78 Å². The van der Waals surface area contributed by atoms with E-state index in [0.717, 1.165) is 5.69 Å². The van der Waals surface area contributed by atoms with Gasteiger partial charge in [0.05, 0.1) is 16.9 Å². The van der Waals surface area contributed by atoms with Crippen LogP contribution in [0.3, 0.4) is 0 Å². The largest absolute Gasteiger partial charge is 0.365 e. The van der Waals surface area contributed by atoms with Gasteiger partial charge in [0, 0.05) is 18.3 Å². The highest BCUT2D eigenvalue weighted by atomic mass is 16.2. The SMILES string of the molecule is CCNC(=O)Nc1cc(Nc2ccccc2)c(C(N)=O)c(CC)n1. The van der Waals surface area contributed by atoms with E-state index in [4.69, 9.17) is 5.73 Å². The van der Waals surface area contributed by atoms with Crippen molar-refractivity contribution in [2.24, 2.45) is 5.73 Å². The van der Waals surface area contributed by atoms with Gasteiger partial charge >= 0.3 is 6.03 Å². The second kappa shape index (κ2) is 7.96. The van der Waals surface area contributed by atoms with E-state index in [1.54, 1.807) is 6.07 Å². The molecule has 2 aromatic rings. The molecule has 3 amide bonds. The summed E-state index contributed by atoms with van der Waals surface area (Å²) >= 11 is 0. The van der Waals surface area contributed by atoms with Crippen LogP contribution in [0.15, 0.2) is 36.4 Å². The van der Waals surface area contributed by atoms with Crippen molar-refractivity contribution in [3.63, 3.8) is 0 Å². The van der Waals surface area contributed by atoms with Crippen molar-refractivity contribution in [2.45, 2.75) is 20.3 Å². The van der Waals surface area contributed by atoms with E-state index in [9.17, 15) is 9.59 Å². The van der Waals surface area contributed by atoms with Gasteiger partial charge in [-0.05, 0) is 25.5 Å². The fourth-order valence-electron chi connectivity index (χ4n) is 2.29. The Balaban J connectivity index is 2.44. The van der Waals surface area contributed by atoms with Gasteiger partial charge in [0.1, 0.15) is 5.82 Å². The lowest BCUT2D eigenvalue weighted by Gasteiger charge is -2.15. The van der Waals surface area contributed by atoms with Crippen LogP contribution in [0.5, 0.6) is 0 Å². The van der Waals surface area contributed by atoms with Crippen LogP contribution >= 0.6 is 0 Å². The van der Waals surface area contributed by atoms with Gasteiger partial charge in [0.15, 0.2) is 0 Å². The number of benzene rings is 1. The Kier molecular flexibility index (Phi) is 5.73. The van der Waals surface area contributed by atoms with Crippen molar-refractivity contribution in [3.8, 4) is 0 Å². The minimum atomic E-state index is -0.567. The number of rotatable bonds is 6. The maximum atomic E-state index is 11.9. The number of urea groups is 1. The molecule has 0 aliphatic rings. The first-order chi connectivity index (χ1) is 11.5. The standard InChI is InChI=1S/C17H21N5O2/c1-3-12-15(16(18)23)13(20-11-8-6-5-7-9-11)10-14(21-12)22-17(24)19-4-2/h5-10H,3-4H2,1-2H3,(H2,18,23)(H3,19,20,21,22,24). The molecule has 0 saturated carbocycles. The Morgan fingerprint density at radius 2 is 1.88 bits per heavy atom. The van der Waals surface area contributed by atoms with Gasteiger partial charge < -0.3 is 16.4 Å². The zero-order chi connectivity index (χ0) is 17.5. The Morgan fingerprint density at radius 3 is 2.46 bits per heavy atom. The molecule has 0 spiro atoms. The molecule has 7 nitrogen and oxygen atoms in total. The Bertz CT molecular complexity index is 731. The molecule has 1 heterocycles. The van der Waals surface area contributed by atoms with Gasteiger partial charge in [-0.2, -0.15) is 0 Å². The van der Waals surface area contributed by atoms with Crippen LogP contribution in [0.1, 0.15) is 29.9 Å². The minimum absolute atomic E-state index is 0.322. The number of amides is 3. The molecule has 0 aliphatic heterocycles. The second-order valence-corrected chi connectivity index (χ2v) is 5.07. The minimum Gasteiger partial charge on any atom is -0.365 e. The molecule has 5 N–H and O–H groups in total. The molecule has 126 valence electrons. The summed E-state index contributed by atoms with van der Waals surface area (Å²) in [5.74, 6) is -0.219. The highest BCUT2D eigenvalue weighted by molar-refractivity contribution is 6.01. The van der Waals surface area contributed by atoms with Crippen LogP contribution in [-0.2, 0) is 6.42 Å². The average Bonchev–Trinajstić information content (AvgIpc) is 2.55. The van der Waals surface area contributed by atoms with Crippen LogP contribution < -0.4 is 21.7 Å². The number of aryl methyl sites for hydroxylation is 1. The number of aromatic nitrogens is 1. The van der Waals surface area contributed by atoms with Gasteiger partial charge in [0.25, 0.3) is 5.91 Å². The zero-order valence-corrected chi connectivity index (χ0v) is 13.7. The predicted molar refractivity (Wildman–Crippen MR) is 94.6 cm³/mol. The molecule has 2 rings (SSSR count). The van der Waals surface area contributed by atoms with Crippen molar-refractivity contribution in [1.29, 1.82) is 0 Å². The van der Waals surface area contributed by atoms with E-state index < -0.39 is 5.91 Å². The zero-order valence-electron chi connectivity index (χ0n) is 13.7. The fraction of sp³-hybridized carbons (Fsp3) is 0.235. The maximum absolute atomic E-state index is 11.9. The van der Waals surface area contributed by atoms with Crippen LogP contribution in [0.2, 0.25) is 0 Å². The van der Waals surface area contributed by atoms with E-state index in [1.165, 1.54) is 0 Å². The van der Waals surface area contributed by atoms with Crippen LogP contribution in [0, 0.1) is 0 Å². The first-order valence-corrected chi connectivity index (χ1v) is 7.75. The summed E-state index contributed by atoms with van der Waals surface area (Å²) in [6, 6.07) is 10.6. The topological polar surface area (TPSA) is 109 Å². The van der Waals surface area contributed by atoms with Crippen LogP contribution in [0.4, 0.5) is 22.0 Å². The van der Waals surface area contributed by atoms with Crippen molar-refractivity contribution in [1.82, 2.24) is 10.3 Å². The number of anilines is 3. The number of nitrogens with two attached hydrogens (primary N) is 1. The summed E-state index contributed by atoms with van der Waals surface area (Å²) in [5, 5.41) is 8.45. The van der Waals surface area contributed by atoms with E-state index in [2.05, 4.69) is 20.9 Å². The number of primary amides is 1. The van der Waals surface area contributed by atoms with Gasteiger partial charge in [-0.15, -0.1) is 0 Å². The molecule has 0 atom stereocenters. The third kappa shape index (κ3) is 4.22. The molecule has 1 aromatic carbocycles. The monoisotopic (exact) mass is 327 g/mol. The predicted octanol–water partition coefficient (Wildman–Crippen LogP) is 2.63. The number of nitrogens with one attached hydrogen (secondary N) is 3. The third-order valence-corrected chi connectivity index (χ3v) is 3.31. The average molecular weight is 327 g/mol. The van der Waals surface area contributed by atoms with Crippen LogP contribution in [0.25, 0.3) is 0 Å². The van der Waals surface area contributed by atoms with Crippen molar-refractivity contribution in [3.05, 3.63) is 47.7 Å². The molecular weight excluding hydrogens is 306 g/mol. The smallest absolute Gasteiger partial charge is 0.320 e. The molecule has 0 saturated heterocycles. The summed E-state index contributed by atoms with van der Waals surface area (Å²) in [7, 11) is 0. The number of carbonyl (C=O) groups excluding carboxylic acids is 2. The summed E-state index contributed by atoms with van der Waals surface area (Å²) < 4.78 is 0. The lowest BCUT2D eigenvalue weighted by atomic mass is 10.1. The lowest BCUT2D eigenvalue weighted by Crippen LogP contribution is -2.29. The lowest BCUT2D eigenvalue weighted by molar-refractivity contribution is 0.1000. The molecule has 1 aromatic heterocycles. The van der Waals surface area contributed by atoms with Crippen molar-refractivity contribution >= 4 is 29.1 Å². The summed E-state index contributed by atoms with van der Waals surface area (Å²) in [6.45, 7) is 4.20. The quantitative estimate of drug-likeness (QED) is 0.654. The first-order valence-electron chi connectivity index (χ1n) is 7.75. The third-order valence-electron chi connectivity index (χ3n) is 3.31. The molecule has 0 radical (unpaired) electrons. The van der Waals surface area contributed by atoms with Gasteiger partial charge in [0.2, 0.25) is 0 Å². The Labute approximate surface area is 140 Å². The molecule has 0 bridgehead atoms. The number of pyridine rings is 1. The van der Waals surface area contributed by atoms with E-state index in [-0.39, 0.29) is 6.03 Å². The van der Waals surface area contributed by atoms with Crippen molar-refractivity contribution < 1.29 is 9.59 Å². The molecular formula is C17H21N5O2. The number of hydrogen-bond acceptors (Lipinski definition) is 4. The number of carbonyl (C=O) groups is 2. The van der Waals surface area contributed by atoms with Gasteiger partial charge in [-0.1, -0.05) is 25.1 Å². The van der Waals surface area contributed by atoms with Crippen molar-refractivity contribution in [2.75, 3.05) is 17.2 Å². The number of para-hydroxylation sites is 1. The van der Waals surface area contributed by atoms with E-state index in [0.29, 0.717) is 35.7 Å². The second-order valence-electron chi connectivity index (χ2n) is 5.07. The van der Waals surface area contributed by atoms with E-state index in [1.807, 2.05) is 44.2 Å². The molecule has 0 fully saturated rings.